The first-order chi connectivity index (χ1) is 19.6. The van der Waals surface area contributed by atoms with Crippen molar-refractivity contribution in [3.8, 4) is 0 Å². The molecule has 2 aromatic heterocycles. The second-order valence-electron chi connectivity index (χ2n) is 11.4. The van der Waals surface area contributed by atoms with Crippen LogP contribution in [0, 0.1) is 25.7 Å². The molecule has 0 spiro atoms. The summed E-state index contributed by atoms with van der Waals surface area (Å²) in [6.45, 7) is 16.1. The number of hydrogen-bond donors (Lipinski definition) is 2. The number of nitrogens with one attached hydrogen (secondary N) is 2. The molecule has 1 saturated heterocycles. The van der Waals surface area contributed by atoms with Gasteiger partial charge in [-0.1, -0.05) is 52.1 Å². The fraction of sp³-hybridized carbons (Fsp3) is 0.515. The Balaban J connectivity index is 0.000000226. The van der Waals surface area contributed by atoms with Crippen LogP contribution in [0.3, 0.4) is 0 Å². The largest absolute Gasteiger partial charge is 0.336 e. The number of amides is 1. The smallest absolute Gasteiger partial charge is 0.254 e. The van der Waals surface area contributed by atoms with Crippen molar-refractivity contribution in [2.75, 3.05) is 22.8 Å². The molecule has 1 aliphatic rings. The number of likely N-dealkylation sites (tertiary alicyclic amines) is 1. The highest BCUT2D eigenvalue weighted by atomic mass is 32.2. The maximum Gasteiger partial charge on any atom is 0.254 e. The van der Waals surface area contributed by atoms with Crippen molar-refractivity contribution in [2.24, 2.45) is 11.8 Å². The third-order valence-corrected chi connectivity index (χ3v) is 8.05. The van der Waals surface area contributed by atoms with Crippen LogP contribution in [0.2, 0.25) is 0 Å². The Morgan fingerprint density at radius 1 is 1.12 bits per heavy atom. The topological polar surface area (TPSA) is 83.0 Å². The van der Waals surface area contributed by atoms with Gasteiger partial charge in [0.1, 0.15) is 5.82 Å². The highest BCUT2D eigenvalue weighted by Gasteiger charge is 2.30. The first-order valence-electron chi connectivity index (χ1n) is 14.9. The van der Waals surface area contributed by atoms with Crippen molar-refractivity contribution in [3.63, 3.8) is 0 Å². The Kier molecular flexibility index (Phi) is 12.4. The average Bonchev–Trinajstić information content (AvgIpc) is 2.93. The molecule has 2 unspecified atom stereocenters. The number of rotatable bonds is 9. The van der Waals surface area contributed by atoms with Crippen LogP contribution < -0.4 is 10.0 Å². The molecule has 8 heteroatoms. The van der Waals surface area contributed by atoms with E-state index in [0.717, 1.165) is 67.3 Å². The lowest BCUT2D eigenvalue weighted by atomic mass is 9.83. The van der Waals surface area contributed by atoms with Crippen LogP contribution in [-0.2, 0) is 12.8 Å². The molecule has 2 atom stereocenters. The van der Waals surface area contributed by atoms with E-state index in [1.165, 1.54) is 28.6 Å². The molecule has 41 heavy (non-hydrogen) atoms. The van der Waals surface area contributed by atoms with Gasteiger partial charge >= 0.3 is 0 Å². The number of hydrogen-bond acceptors (Lipinski definition) is 7. The van der Waals surface area contributed by atoms with E-state index in [4.69, 9.17) is 0 Å². The van der Waals surface area contributed by atoms with Gasteiger partial charge in [-0.25, -0.2) is 15.0 Å². The summed E-state index contributed by atoms with van der Waals surface area (Å²) in [6.07, 6.45) is 10.9. The average molecular weight is 577 g/mol. The van der Waals surface area contributed by atoms with Gasteiger partial charge in [0.05, 0.1) is 0 Å². The zero-order valence-corrected chi connectivity index (χ0v) is 26.9. The predicted molar refractivity (Wildman–Crippen MR) is 174 cm³/mol. The minimum atomic E-state index is 0.122. The summed E-state index contributed by atoms with van der Waals surface area (Å²) >= 11 is 1.48. The number of benzene rings is 1. The third kappa shape index (κ3) is 9.45. The van der Waals surface area contributed by atoms with Gasteiger partial charge in [0, 0.05) is 48.2 Å². The molecular weight excluding hydrogens is 528 g/mol. The fourth-order valence-electron chi connectivity index (χ4n) is 5.43. The van der Waals surface area contributed by atoms with Crippen molar-refractivity contribution in [1.82, 2.24) is 19.9 Å². The van der Waals surface area contributed by atoms with E-state index in [1.807, 2.05) is 23.4 Å². The van der Waals surface area contributed by atoms with Crippen LogP contribution in [0.5, 0.6) is 0 Å². The van der Waals surface area contributed by atoms with Gasteiger partial charge in [-0.15, -0.1) is 0 Å². The lowest BCUT2D eigenvalue weighted by Gasteiger charge is -2.39. The SMILES string of the molecule is CCCc1nc(Nc2cc(C)cc(C)c2)ncc1CC.CSNc1cc(C(=O)N2CCC(C(C)C)CC2C)ccn1. The van der Waals surface area contributed by atoms with Crippen LogP contribution in [0.25, 0.3) is 0 Å². The quantitative estimate of drug-likeness (QED) is 0.250. The summed E-state index contributed by atoms with van der Waals surface area (Å²) in [4.78, 5) is 28.0. The molecular formula is C33H48N6OS. The number of pyridine rings is 1. The molecule has 222 valence electrons. The number of aromatic nitrogens is 3. The van der Waals surface area contributed by atoms with E-state index in [2.05, 4.69) is 91.7 Å². The highest BCUT2D eigenvalue weighted by molar-refractivity contribution is 7.99. The lowest BCUT2D eigenvalue weighted by Crippen LogP contribution is -2.45. The lowest BCUT2D eigenvalue weighted by molar-refractivity contribution is 0.0539. The molecule has 4 rings (SSSR count). The van der Waals surface area contributed by atoms with E-state index in [-0.39, 0.29) is 5.91 Å². The van der Waals surface area contributed by atoms with Crippen LogP contribution in [0.1, 0.15) is 86.6 Å². The standard InChI is InChI=1S/C17H23N3.C16H25N3OS/c1-5-7-16-14(6-2)11-18-17(20-16)19-15-9-12(3)8-13(4)10-15;1-11(2)13-6-8-19(12(3)9-13)16(20)14-5-7-17-15(10-14)18-21-4/h8-11H,5-7H2,1-4H3,(H,18,19,20);5,7,10-13H,6,8-9H2,1-4H3,(H,17,18). The highest BCUT2D eigenvalue weighted by Crippen LogP contribution is 2.29. The van der Waals surface area contributed by atoms with Crippen molar-refractivity contribution in [1.29, 1.82) is 0 Å². The van der Waals surface area contributed by atoms with Crippen molar-refractivity contribution in [3.05, 3.63) is 70.7 Å². The van der Waals surface area contributed by atoms with E-state index in [9.17, 15) is 4.79 Å². The van der Waals surface area contributed by atoms with Crippen LogP contribution in [0.4, 0.5) is 17.5 Å². The number of anilines is 3. The Morgan fingerprint density at radius 2 is 1.85 bits per heavy atom. The van der Waals surface area contributed by atoms with Gasteiger partial charge in [0.2, 0.25) is 5.95 Å². The summed E-state index contributed by atoms with van der Waals surface area (Å²) in [5.41, 5.74) is 6.67. The minimum Gasteiger partial charge on any atom is -0.336 e. The normalized spacial score (nSPS) is 16.7. The molecule has 0 aliphatic carbocycles. The Morgan fingerprint density at radius 3 is 2.46 bits per heavy atom. The number of carbonyl (C=O) groups is 1. The van der Waals surface area contributed by atoms with Crippen molar-refractivity contribution in [2.45, 2.75) is 86.6 Å². The number of nitrogens with zero attached hydrogens (tertiary/aromatic N) is 4. The second kappa shape index (κ2) is 15.8. The van der Waals surface area contributed by atoms with Gasteiger partial charge in [-0.2, -0.15) is 0 Å². The van der Waals surface area contributed by atoms with E-state index < -0.39 is 0 Å². The minimum absolute atomic E-state index is 0.122. The van der Waals surface area contributed by atoms with Crippen molar-refractivity contribution >= 4 is 35.3 Å². The van der Waals surface area contributed by atoms with E-state index >= 15 is 0 Å². The Bertz CT molecular complexity index is 1260. The van der Waals surface area contributed by atoms with Crippen LogP contribution >= 0.6 is 11.9 Å². The summed E-state index contributed by atoms with van der Waals surface area (Å²) < 4.78 is 3.07. The number of carbonyl (C=O) groups excluding carboxylic acids is 1. The zero-order chi connectivity index (χ0) is 29.9. The maximum atomic E-state index is 12.7. The number of aryl methyl sites for hydroxylation is 4. The fourth-order valence-corrected chi connectivity index (χ4v) is 5.75. The first kappa shape index (κ1) is 32.4. The molecule has 1 aliphatic heterocycles. The molecule has 2 N–H and O–H groups in total. The van der Waals surface area contributed by atoms with E-state index in [0.29, 0.717) is 17.9 Å². The predicted octanol–water partition coefficient (Wildman–Crippen LogP) is 8.02. The molecule has 3 heterocycles. The Hall–Kier alpha value is -3.13. The number of piperidine rings is 1. The monoisotopic (exact) mass is 576 g/mol. The van der Waals surface area contributed by atoms with Gasteiger partial charge in [0.25, 0.3) is 5.91 Å². The van der Waals surface area contributed by atoms with Gasteiger partial charge in [0.15, 0.2) is 0 Å². The third-order valence-electron chi connectivity index (χ3n) is 7.63. The van der Waals surface area contributed by atoms with Gasteiger partial charge in [-0.3, -0.25) is 4.79 Å². The Labute approximate surface area is 251 Å². The summed E-state index contributed by atoms with van der Waals surface area (Å²) in [5.74, 6) is 2.98. The first-order valence-corrected chi connectivity index (χ1v) is 16.1. The second-order valence-corrected chi connectivity index (χ2v) is 12.0. The van der Waals surface area contributed by atoms with Gasteiger partial charge in [-0.05, 0) is 99.2 Å². The molecule has 1 aromatic carbocycles. The molecule has 0 saturated carbocycles. The molecule has 0 bridgehead atoms. The zero-order valence-electron chi connectivity index (χ0n) is 26.1. The van der Waals surface area contributed by atoms with Crippen LogP contribution in [0.15, 0.2) is 42.7 Å². The molecule has 1 fully saturated rings. The summed E-state index contributed by atoms with van der Waals surface area (Å²) in [6, 6.07) is 10.3. The summed E-state index contributed by atoms with van der Waals surface area (Å²) in [5, 5.41) is 3.31. The van der Waals surface area contributed by atoms with E-state index in [1.54, 1.807) is 12.3 Å². The summed E-state index contributed by atoms with van der Waals surface area (Å²) in [7, 11) is 0. The molecule has 0 radical (unpaired) electrons. The molecule has 3 aromatic rings. The van der Waals surface area contributed by atoms with Crippen LogP contribution in [-0.4, -0.2) is 44.6 Å². The molecule has 7 nitrogen and oxygen atoms in total. The van der Waals surface area contributed by atoms with Crippen molar-refractivity contribution < 1.29 is 4.79 Å². The van der Waals surface area contributed by atoms with Gasteiger partial charge < -0.3 is 14.9 Å². The molecule has 1 amide bonds. The maximum absolute atomic E-state index is 12.7.